The van der Waals surface area contributed by atoms with E-state index >= 15 is 0 Å². The fraction of sp³-hybridized carbons (Fsp3) is 0.0667. The Bertz CT molecular complexity index is 845. The van der Waals surface area contributed by atoms with Crippen LogP contribution in [-0.2, 0) is 6.42 Å². The molecule has 0 unspecified atom stereocenters. The number of rotatable bonds is 3. The van der Waals surface area contributed by atoms with Crippen LogP contribution in [0.5, 0.6) is 0 Å². The number of carboxylic acids is 1. The molecule has 3 nitrogen and oxygen atoms in total. The third-order valence-corrected chi connectivity index (χ3v) is 4.05. The van der Waals surface area contributed by atoms with Gasteiger partial charge in [0.25, 0.3) is 0 Å². The Labute approximate surface area is 122 Å². The number of aromatic nitrogens is 1. The van der Waals surface area contributed by atoms with Crippen molar-refractivity contribution in [2.24, 2.45) is 0 Å². The molecule has 3 rings (SSSR count). The number of hydrogen-bond donors (Lipinski definition) is 1. The Morgan fingerprint density at radius 2 is 2.00 bits per heavy atom. The van der Waals surface area contributed by atoms with Gasteiger partial charge in [-0.1, -0.05) is 6.07 Å². The van der Waals surface area contributed by atoms with E-state index in [1.165, 1.54) is 29.5 Å². The fourth-order valence-electron chi connectivity index (χ4n) is 2.01. The van der Waals surface area contributed by atoms with E-state index in [0.29, 0.717) is 16.1 Å². The molecule has 0 fully saturated rings. The SMILES string of the molecule is O=C(O)c1ccc2nc(Cc3ccc(F)cc3F)sc2c1. The number of carbonyl (C=O) groups is 1. The van der Waals surface area contributed by atoms with Gasteiger partial charge in [0.1, 0.15) is 11.6 Å². The third-order valence-electron chi connectivity index (χ3n) is 3.04. The summed E-state index contributed by atoms with van der Waals surface area (Å²) in [5.74, 6) is -2.23. The van der Waals surface area contributed by atoms with E-state index in [1.54, 1.807) is 12.1 Å². The van der Waals surface area contributed by atoms with Crippen molar-refractivity contribution in [2.45, 2.75) is 6.42 Å². The van der Waals surface area contributed by atoms with Crippen molar-refractivity contribution in [1.82, 2.24) is 4.98 Å². The number of thiazole rings is 1. The summed E-state index contributed by atoms with van der Waals surface area (Å²) in [5.41, 5.74) is 1.21. The van der Waals surface area contributed by atoms with Crippen molar-refractivity contribution >= 4 is 27.5 Å². The molecule has 6 heteroatoms. The number of fused-ring (bicyclic) bond motifs is 1. The minimum atomic E-state index is -1.00. The molecule has 0 amide bonds. The van der Waals surface area contributed by atoms with E-state index in [0.717, 1.165) is 10.8 Å². The summed E-state index contributed by atoms with van der Waals surface area (Å²) in [6.07, 6.45) is 0.244. The Hall–Kier alpha value is -2.34. The van der Waals surface area contributed by atoms with E-state index in [2.05, 4.69) is 4.98 Å². The Morgan fingerprint density at radius 1 is 1.19 bits per heavy atom. The predicted octanol–water partition coefficient (Wildman–Crippen LogP) is 3.86. The monoisotopic (exact) mass is 305 g/mol. The van der Waals surface area contributed by atoms with Crippen LogP contribution in [0.2, 0.25) is 0 Å². The molecule has 0 bridgehead atoms. The second-order valence-electron chi connectivity index (χ2n) is 4.51. The van der Waals surface area contributed by atoms with Crippen LogP contribution in [0.4, 0.5) is 8.78 Å². The number of nitrogens with zero attached hydrogens (tertiary/aromatic N) is 1. The highest BCUT2D eigenvalue weighted by Crippen LogP contribution is 2.26. The van der Waals surface area contributed by atoms with Gasteiger partial charge in [-0.2, -0.15) is 0 Å². The topological polar surface area (TPSA) is 50.2 Å². The smallest absolute Gasteiger partial charge is 0.335 e. The molecule has 1 N–H and O–H groups in total. The van der Waals surface area contributed by atoms with Crippen molar-refractivity contribution in [3.8, 4) is 0 Å². The predicted molar refractivity (Wildman–Crippen MR) is 75.7 cm³/mol. The standard InChI is InChI=1S/C15H9F2NO2S/c16-10-3-1-8(11(17)7-10)6-14-18-12-4-2-9(15(19)20)5-13(12)21-14/h1-5,7H,6H2,(H,19,20). The largest absolute Gasteiger partial charge is 0.478 e. The first-order valence-electron chi connectivity index (χ1n) is 6.09. The molecule has 0 radical (unpaired) electrons. The normalized spacial score (nSPS) is 11.0. The minimum absolute atomic E-state index is 0.186. The van der Waals surface area contributed by atoms with Crippen LogP contribution < -0.4 is 0 Å². The van der Waals surface area contributed by atoms with Gasteiger partial charge >= 0.3 is 5.97 Å². The molecule has 0 aliphatic carbocycles. The maximum atomic E-state index is 13.6. The minimum Gasteiger partial charge on any atom is -0.478 e. The van der Waals surface area contributed by atoms with E-state index in [4.69, 9.17) is 5.11 Å². The summed E-state index contributed by atoms with van der Waals surface area (Å²) >= 11 is 1.30. The Morgan fingerprint density at radius 3 is 2.71 bits per heavy atom. The van der Waals surface area contributed by atoms with Gasteiger partial charge in [-0.25, -0.2) is 18.6 Å². The van der Waals surface area contributed by atoms with E-state index in [-0.39, 0.29) is 12.0 Å². The van der Waals surface area contributed by atoms with Crippen molar-refractivity contribution in [3.05, 3.63) is 64.2 Å². The highest BCUT2D eigenvalue weighted by Gasteiger charge is 2.11. The molecule has 0 atom stereocenters. The molecular weight excluding hydrogens is 296 g/mol. The van der Waals surface area contributed by atoms with Gasteiger partial charge in [0.2, 0.25) is 0 Å². The number of halogens is 2. The van der Waals surface area contributed by atoms with Gasteiger partial charge in [-0.15, -0.1) is 11.3 Å². The summed E-state index contributed by atoms with van der Waals surface area (Å²) in [4.78, 5) is 15.3. The van der Waals surface area contributed by atoms with Crippen molar-refractivity contribution in [1.29, 1.82) is 0 Å². The lowest BCUT2D eigenvalue weighted by atomic mass is 10.1. The number of aromatic carboxylic acids is 1. The van der Waals surface area contributed by atoms with Crippen LogP contribution in [-0.4, -0.2) is 16.1 Å². The molecule has 106 valence electrons. The summed E-state index contributed by atoms with van der Waals surface area (Å²) < 4.78 is 27.2. The highest BCUT2D eigenvalue weighted by molar-refractivity contribution is 7.18. The number of benzene rings is 2. The number of hydrogen-bond acceptors (Lipinski definition) is 3. The zero-order valence-corrected chi connectivity index (χ0v) is 11.5. The maximum Gasteiger partial charge on any atom is 0.335 e. The Balaban J connectivity index is 1.95. The number of carboxylic acid groups (broad SMARTS) is 1. The van der Waals surface area contributed by atoms with Crippen LogP contribution in [0.3, 0.4) is 0 Å². The van der Waals surface area contributed by atoms with E-state index in [1.807, 2.05) is 0 Å². The summed E-state index contributed by atoms with van der Waals surface area (Å²) in [7, 11) is 0. The van der Waals surface area contributed by atoms with Gasteiger partial charge in [-0.3, -0.25) is 0 Å². The van der Waals surface area contributed by atoms with Gasteiger partial charge in [0.15, 0.2) is 0 Å². The van der Waals surface area contributed by atoms with Crippen molar-refractivity contribution in [2.75, 3.05) is 0 Å². The summed E-state index contributed by atoms with van der Waals surface area (Å²) in [6, 6.07) is 8.07. The van der Waals surface area contributed by atoms with Crippen molar-refractivity contribution in [3.63, 3.8) is 0 Å². The second kappa shape index (κ2) is 5.21. The lowest BCUT2D eigenvalue weighted by Gasteiger charge is -1.99. The van der Waals surface area contributed by atoms with E-state index < -0.39 is 17.6 Å². The highest BCUT2D eigenvalue weighted by atomic mass is 32.1. The van der Waals surface area contributed by atoms with Gasteiger partial charge in [0, 0.05) is 12.5 Å². The molecule has 0 saturated carbocycles. The average Bonchev–Trinajstić information content (AvgIpc) is 2.83. The molecule has 0 spiro atoms. The van der Waals surface area contributed by atoms with E-state index in [9.17, 15) is 13.6 Å². The zero-order chi connectivity index (χ0) is 15.0. The molecule has 0 aliphatic heterocycles. The quantitative estimate of drug-likeness (QED) is 0.799. The summed E-state index contributed by atoms with van der Waals surface area (Å²) in [6.45, 7) is 0. The lowest BCUT2D eigenvalue weighted by molar-refractivity contribution is 0.0697. The molecule has 1 aromatic heterocycles. The first-order chi connectivity index (χ1) is 10.0. The molecule has 3 aromatic rings. The van der Waals surface area contributed by atoms with Crippen LogP contribution in [0.25, 0.3) is 10.2 Å². The van der Waals surface area contributed by atoms with Crippen LogP contribution in [0.15, 0.2) is 36.4 Å². The zero-order valence-electron chi connectivity index (χ0n) is 10.6. The Kier molecular flexibility index (Phi) is 3.39. The van der Waals surface area contributed by atoms with Crippen molar-refractivity contribution < 1.29 is 18.7 Å². The summed E-state index contributed by atoms with van der Waals surface area (Å²) in [5, 5.41) is 9.60. The lowest BCUT2D eigenvalue weighted by Crippen LogP contribution is -1.94. The van der Waals surface area contributed by atoms with Crippen LogP contribution >= 0.6 is 11.3 Å². The van der Waals surface area contributed by atoms with Gasteiger partial charge in [0.05, 0.1) is 20.8 Å². The molecular formula is C15H9F2NO2S. The first kappa shape index (κ1) is 13.6. The fourth-order valence-corrected chi connectivity index (χ4v) is 3.04. The van der Waals surface area contributed by atoms with Crippen LogP contribution in [0, 0.1) is 11.6 Å². The van der Waals surface area contributed by atoms with Gasteiger partial charge in [-0.05, 0) is 29.8 Å². The molecule has 0 aliphatic rings. The third kappa shape index (κ3) is 2.75. The molecule has 21 heavy (non-hydrogen) atoms. The first-order valence-corrected chi connectivity index (χ1v) is 6.91. The van der Waals surface area contributed by atoms with Crippen LogP contribution in [0.1, 0.15) is 20.9 Å². The molecule has 0 saturated heterocycles. The maximum absolute atomic E-state index is 13.6. The molecule has 1 heterocycles. The van der Waals surface area contributed by atoms with Gasteiger partial charge < -0.3 is 5.11 Å². The second-order valence-corrected chi connectivity index (χ2v) is 5.62. The molecule has 2 aromatic carbocycles. The average molecular weight is 305 g/mol.